The molecular weight excluding hydrogens is 269 g/mol. The fourth-order valence-corrected chi connectivity index (χ4v) is 1.85. The monoisotopic (exact) mass is 280 g/mol. The molecule has 0 atom stereocenters. The number of alkyl halides is 3. The largest absolute Gasteiger partial charge is 0.417 e. The zero-order valence-corrected chi connectivity index (χ0v) is 10.3. The van der Waals surface area contributed by atoms with Gasteiger partial charge in [0.15, 0.2) is 5.78 Å². The molecule has 0 saturated heterocycles. The van der Waals surface area contributed by atoms with Crippen LogP contribution in [0.4, 0.5) is 18.9 Å². The highest BCUT2D eigenvalue weighted by molar-refractivity contribution is 5.98. The van der Waals surface area contributed by atoms with Gasteiger partial charge in [-0.25, -0.2) is 0 Å². The summed E-state index contributed by atoms with van der Waals surface area (Å²) in [5.74, 6) is -0.643. The second-order valence-electron chi connectivity index (χ2n) is 4.26. The van der Waals surface area contributed by atoms with Gasteiger partial charge in [-0.2, -0.15) is 13.2 Å². The number of rotatable bonds is 3. The van der Waals surface area contributed by atoms with Gasteiger partial charge in [0, 0.05) is 30.1 Å². The Morgan fingerprint density at radius 3 is 2.65 bits per heavy atom. The number of benzene rings is 1. The molecule has 2 rings (SSSR count). The van der Waals surface area contributed by atoms with Crippen molar-refractivity contribution < 1.29 is 18.0 Å². The molecule has 0 radical (unpaired) electrons. The molecule has 1 heterocycles. The number of nitrogens with zero attached hydrogens (tertiary/aromatic N) is 1. The highest BCUT2D eigenvalue weighted by Crippen LogP contribution is 2.31. The molecule has 1 aromatic carbocycles. The topological polar surface area (TPSA) is 56.0 Å². The Bertz CT molecular complexity index is 638. The molecule has 0 spiro atoms. The fraction of sp³-hybridized carbons (Fsp3) is 0.143. The second-order valence-corrected chi connectivity index (χ2v) is 4.26. The number of nitrogen functional groups attached to an aromatic ring is 1. The smallest absolute Gasteiger partial charge is 0.399 e. The van der Waals surface area contributed by atoms with Crippen molar-refractivity contribution in [3.8, 4) is 0 Å². The number of hydrogen-bond acceptors (Lipinski definition) is 3. The summed E-state index contributed by atoms with van der Waals surface area (Å²) in [6.45, 7) is 0. The molecule has 0 aliphatic rings. The molecule has 2 aromatic rings. The van der Waals surface area contributed by atoms with E-state index in [-0.39, 0.29) is 6.42 Å². The lowest BCUT2D eigenvalue weighted by atomic mass is 10.00. The molecule has 3 nitrogen and oxygen atoms in total. The third kappa shape index (κ3) is 3.14. The van der Waals surface area contributed by atoms with E-state index in [9.17, 15) is 18.0 Å². The van der Waals surface area contributed by atoms with Gasteiger partial charge in [-0.1, -0.05) is 12.1 Å². The van der Waals surface area contributed by atoms with Gasteiger partial charge in [0.05, 0.1) is 5.56 Å². The van der Waals surface area contributed by atoms with E-state index in [1.807, 2.05) is 0 Å². The molecular formula is C14H11F3N2O. The van der Waals surface area contributed by atoms with Crippen molar-refractivity contribution in [3.05, 3.63) is 59.4 Å². The normalized spacial score (nSPS) is 11.3. The van der Waals surface area contributed by atoms with Crippen LogP contribution in [0.1, 0.15) is 21.5 Å². The lowest BCUT2D eigenvalue weighted by molar-refractivity contribution is -0.138. The number of Topliss-reactive ketones (excluding diaryl/α,β-unsaturated/α-hetero) is 1. The van der Waals surface area contributed by atoms with Crippen LogP contribution in [0.25, 0.3) is 0 Å². The molecule has 0 amide bonds. The Kier molecular flexibility index (Phi) is 3.74. The molecule has 0 aliphatic heterocycles. The summed E-state index contributed by atoms with van der Waals surface area (Å²) in [5.41, 5.74) is 5.19. The summed E-state index contributed by atoms with van der Waals surface area (Å²) in [4.78, 5) is 15.6. The van der Waals surface area contributed by atoms with Crippen LogP contribution in [-0.2, 0) is 12.6 Å². The first-order chi connectivity index (χ1) is 9.38. The van der Waals surface area contributed by atoms with E-state index in [1.54, 1.807) is 24.3 Å². The maximum absolute atomic E-state index is 12.8. The van der Waals surface area contributed by atoms with Crippen LogP contribution in [0.3, 0.4) is 0 Å². The Morgan fingerprint density at radius 1 is 1.25 bits per heavy atom. The van der Waals surface area contributed by atoms with Crippen molar-refractivity contribution in [1.29, 1.82) is 0 Å². The molecule has 104 valence electrons. The minimum atomic E-state index is -4.58. The average molecular weight is 280 g/mol. The van der Waals surface area contributed by atoms with Crippen molar-refractivity contribution in [2.24, 2.45) is 0 Å². The number of halogens is 3. The van der Waals surface area contributed by atoms with Gasteiger partial charge in [-0.15, -0.1) is 0 Å². The number of carbonyl (C=O) groups excluding carboxylic acids is 1. The summed E-state index contributed by atoms with van der Waals surface area (Å²) in [5, 5.41) is 0. The van der Waals surface area contributed by atoms with Crippen LogP contribution in [0, 0.1) is 0 Å². The molecule has 0 unspecified atom stereocenters. The zero-order valence-electron chi connectivity index (χ0n) is 10.3. The summed E-state index contributed by atoms with van der Waals surface area (Å²) in [6.07, 6.45) is -2.78. The number of anilines is 1. The van der Waals surface area contributed by atoms with Gasteiger partial charge < -0.3 is 5.73 Å². The van der Waals surface area contributed by atoms with Gasteiger partial charge in [-0.3, -0.25) is 9.78 Å². The van der Waals surface area contributed by atoms with Gasteiger partial charge in [0.1, 0.15) is 0 Å². The Hall–Kier alpha value is -2.37. The number of hydrogen-bond donors (Lipinski definition) is 1. The third-order valence-corrected chi connectivity index (χ3v) is 2.74. The maximum atomic E-state index is 12.8. The van der Waals surface area contributed by atoms with E-state index >= 15 is 0 Å². The van der Waals surface area contributed by atoms with Gasteiger partial charge in [0.25, 0.3) is 0 Å². The first-order valence-electron chi connectivity index (χ1n) is 5.77. The molecule has 0 bridgehead atoms. The van der Waals surface area contributed by atoms with E-state index < -0.39 is 23.1 Å². The van der Waals surface area contributed by atoms with Gasteiger partial charge in [-0.05, 0) is 23.8 Å². The molecule has 0 fully saturated rings. The van der Waals surface area contributed by atoms with E-state index in [2.05, 4.69) is 4.98 Å². The van der Waals surface area contributed by atoms with Crippen LogP contribution in [0.15, 0.2) is 42.7 Å². The molecule has 2 N–H and O–H groups in total. The highest BCUT2D eigenvalue weighted by Gasteiger charge is 2.35. The van der Waals surface area contributed by atoms with Crippen LogP contribution in [0.2, 0.25) is 0 Å². The molecule has 20 heavy (non-hydrogen) atoms. The van der Waals surface area contributed by atoms with E-state index in [0.717, 1.165) is 18.5 Å². The van der Waals surface area contributed by atoms with Gasteiger partial charge >= 0.3 is 6.18 Å². The van der Waals surface area contributed by atoms with Crippen LogP contribution in [-0.4, -0.2) is 10.8 Å². The number of carbonyl (C=O) groups is 1. The zero-order chi connectivity index (χ0) is 14.8. The van der Waals surface area contributed by atoms with Crippen molar-refractivity contribution in [3.63, 3.8) is 0 Å². The van der Waals surface area contributed by atoms with Crippen molar-refractivity contribution in [2.75, 3.05) is 5.73 Å². The molecule has 1 aromatic heterocycles. The average Bonchev–Trinajstić information content (AvgIpc) is 2.37. The number of ketones is 1. The van der Waals surface area contributed by atoms with Crippen molar-refractivity contribution >= 4 is 11.5 Å². The standard InChI is InChI=1S/C14H11F3N2O/c15-14(16,17)12-4-5-19-8-11(12)13(20)7-9-2-1-3-10(18)6-9/h1-6,8H,7,18H2. The lowest BCUT2D eigenvalue weighted by Gasteiger charge is -2.11. The fourth-order valence-electron chi connectivity index (χ4n) is 1.85. The van der Waals surface area contributed by atoms with Crippen LogP contribution >= 0.6 is 0 Å². The minimum Gasteiger partial charge on any atom is -0.399 e. The Balaban J connectivity index is 2.31. The number of pyridine rings is 1. The lowest BCUT2D eigenvalue weighted by Crippen LogP contribution is -2.15. The third-order valence-electron chi connectivity index (χ3n) is 2.74. The predicted octanol–water partition coefficient (Wildman–Crippen LogP) is 3.11. The van der Waals surface area contributed by atoms with Crippen LogP contribution < -0.4 is 5.73 Å². The van der Waals surface area contributed by atoms with Crippen molar-refractivity contribution in [1.82, 2.24) is 4.98 Å². The number of nitrogens with two attached hydrogens (primary N) is 1. The summed E-state index contributed by atoms with van der Waals surface area (Å²) < 4.78 is 38.4. The minimum absolute atomic E-state index is 0.153. The van der Waals surface area contributed by atoms with Crippen molar-refractivity contribution in [2.45, 2.75) is 12.6 Å². The van der Waals surface area contributed by atoms with Gasteiger partial charge in [0.2, 0.25) is 0 Å². The SMILES string of the molecule is Nc1cccc(CC(=O)c2cnccc2C(F)(F)F)c1. The molecule has 6 heteroatoms. The maximum Gasteiger partial charge on any atom is 0.417 e. The first kappa shape index (κ1) is 14.0. The first-order valence-corrected chi connectivity index (χ1v) is 5.77. The molecule has 0 saturated carbocycles. The summed E-state index contributed by atoms with van der Waals surface area (Å²) in [7, 11) is 0. The van der Waals surface area contributed by atoms with Crippen LogP contribution in [0.5, 0.6) is 0 Å². The van der Waals surface area contributed by atoms with E-state index in [1.165, 1.54) is 0 Å². The van der Waals surface area contributed by atoms with E-state index in [4.69, 9.17) is 5.73 Å². The Labute approximate surface area is 113 Å². The number of aromatic nitrogens is 1. The summed E-state index contributed by atoms with van der Waals surface area (Å²) in [6, 6.07) is 7.27. The second kappa shape index (κ2) is 5.32. The van der Waals surface area contributed by atoms with E-state index in [0.29, 0.717) is 11.3 Å². The summed E-state index contributed by atoms with van der Waals surface area (Å²) >= 11 is 0. The quantitative estimate of drug-likeness (QED) is 0.694. The highest BCUT2D eigenvalue weighted by atomic mass is 19.4. The predicted molar refractivity (Wildman–Crippen MR) is 68.1 cm³/mol. The molecule has 0 aliphatic carbocycles. The Morgan fingerprint density at radius 2 is 2.00 bits per heavy atom.